The molecular formula is C110H58N6O7. The first-order valence-corrected chi connectivity index (χ1v) is 41.2. The highest BCUT2D eigenvalue weighted by Crippen LogP contribution is 2.49. The predicted octanol–water partition coefficient (Wildman–Crippen LogP) is 30.4. The van der Waals surface area contributed by atoms with Crippen LogP contribution in [-0.2, 0) is 0 Å². The number of para-hydroxylation sites is 6. The van der Waals surface area contributed by atoms with E-state index in [2.05, 4.69) is 306 Å². The van der Waals surface area contributed by atoms with Gasteiger partial charge >= 0.3 is 0 Å². The van der Waals surface area contributed by atoms with Crippen LogP contribution in [0.4, 0.5) is 0 Å². The first kappa shape index (κ1) is 66.2. The van der Waals surface area contributed by atoms with Gasteiger partial charge in [0.2, 0.25) is 5.95 Å². The summed E-state index contributed by atoms with van der Waals surface area (Å²) in [6, 6.07) is 123. The summed E-state index contributed by atoms with van der Waals surface area (Å²) < 4.78 is 52.2. The first-order chi connectivity index (χ1) is 60.9. The van der Waals surface area contributed by atoms with Crippen molar-refractivity contribution in [2.75, 3.05) is 0 Å². The van der Waals surface area contributed by atoms with Crippen LogP contribution in [0.3, 0.4) is 0 Å². The van der Waals surface area contributed by atoms with Crippen LogP contribution in [0.1, 0.15) is 0 Å². The van der Waals surface area contributed by atoms with Gasteiger partial charge in [0.05, 0.1) is 22.1 Å². The fourth-order valence-corrected chi connectivity index (χ4v) is 19.8. The van der Waals surface area contributed by atoms with Crippen LogP contribution in [0.2, 0.25) is 0 Å². The number of hydrogen-bond donors (Lipinski definition) is 0. The van der Waals surface area contributed by atoms with Crippen molar-refractivity contribution in [1.29, 1.82) is 0 Å². The molecule has 0 fully saturated rings. The zero-order chi connectivity index (χ0) is 80.0. The van der Waals surface area contributed by atoms with Gasteiger partial charge in [-0.1, -0.05) is 218 Å². The molecule has 0 unspecified atom stereocenters. The smallest absolute Gasteiger partial charge is 0.236 e. The Morgan fingerprint density at radius 2 is 0.610 bits per heavy atom. The second-order valence-corrected chi connectivity index (χ2v) is 32.1. The second kappa shape index (κ2) is 24.8. The van der Waals surface area contributed by atoms with Crippen LogP contribution in [0, 0.1) is 0 Å². The van der Waals surface area contributed by atoms with E-state index in [0.29, 0.717) is 51.1 Å². The maximum absolute atomic E-state index is 7.14. The Balaban J connectivity index is 0.568. The number of aromatic nitrogens is 6. The molecule has 17 aromatic carbocycles. The van der Waals surface area contributed by atoms with Crippen LogP contribution < -0.4 is 0 Å². The Morgan fingerprint density at radius 1 is 0.187 bits per heavy atom. The van der Waals surface area contributed by atoms with Gasteiger partial charge in [0.15, 0.2) is 22.8 Å². The predicted molar refractivity (Wildman–Crippen MR) is 495 cm³/mol. The van der Waals surface area contributed by atoms with Gasteiger partial charge in [-0.25, -0.2) is 19.9 Å². The van der Waals surface area contributed by atoms with Crippen molar-refractivity contribution >= 4 is 197 Å². The molecule has 0 aliphatic carbocycles. The molecular weight excluding hydrogens is 1520 g/mol. The minimum atomic E-state index is 0.483. The molecule has 13 heteroatoms. The van der Waals surface area contributed by atoms with Crippen molar-refractivity contribution in [3.05, 3.63) is 352 Å². The highest BCUT2D eigenvalue weighted by Gasteiger charge is 2.29. The molecule has 11 heterocycles. The number of hydrogen-bond acceptors (Lipinski definition) is 11. The van der Waals surface area contributed by atoms with Crippen LogP contribution in [0.25, 0.3) is 287 Å². The Hall–Kier alpha value is -16.9. The molecule has 28 aromatic rings. The van der Waals surface area contributed by atoms with Gasteiger partial charge < -0.3 is 30.9 Å². The first-order valence-electron chi connectivity index (χ1n) is 41.2. The lowest BCUT2D eigenvalue weighted by Crippen LogP contribution is -2.02. The van der Waals surface area contributed by atoms with Gasteiger partial charge in [-0.2, -0.15) is 0 Å². The quantitative estimate of drug-likeness (QED) is 0.136. The topological polar surface area (TPSA) is 153 Å². The number of fused-ring (bicyclic) bond motifs is 27. The maximum atomic E-state index is 7.14. The van der Waals surface area contributed by atoms with Gasteiger partial charge in [-0.3, -0.25) is 9.13 Å². The number of nitrogens with zero attached hydrogens (tertiary/aromatic N) is 6. The molecule has 0 aliphatic heterocycles. The van der Waals surface area contributed by atoms with E-state index < -0.39 is 0 Å². The Bertz CT molecular complexity index is 9460. The highest BCUT2D eigenvalue weighted by atomic mass is 16.4. The fraction of sp³-hybridized carbons (Fsp3) is 0. The third-order valence-electron chi connectivity index (χ3n) is 25.4. The molecule has 0 saturated carbocycles. The van der Waals surface area contributed by atoms with Crippen molar-refractivity contribution < 1.29 is 30.9 Å². The zero-order valence-electron chi connectivity index (χ0n) is 65.0. The molecule has 28 rings (SSSR count). The summed E-state index contributed by atoms with van der Waals surface area (Å²) in [5.74, 6) is 1.68. The van der Waals surface area contributed by atoms with E-state index in [1.54, 1.807) is 0 Å². The lowest BCUT2D eigenvalue weighted by Gasteiger charge is -2.10. The molecule has 13 nitrogen and oxygen atoms in total. The summed E-state index contributed by atoms with van der Waals surface area (Å²) in [6.45, 7) is 0. The van der Waals surface area contributed by atoms with E-state index in [4.69, 9.17) is 50.9 Å². The van der Waals surface area contributed by atoms with Crippen molar-refractivity contribution in [2.45, 2.75) is 0 Å². The normalized spacial score (nSPS) is 12.4. The molecule has 0 radical (unpaired) electrons. The maximum Gasteiger partial charge on any atom is 0.236 e. The van der Waals surface area contributed by atoms with Crippen LogP contribution in [0.15, 0.2) is 383 Å². The summed E-state index contributed by atoms with van der Waals surface area (Å²) in [4.78, 5) is 22.4. The van der Waals surface area contributed by atoms with Crippen LogP contribution in [0.5, 0.6) is 0 Å². The lowest BCUT2D eigenvalue weighted by atomic mass is 9.97. The number of furan rings is 7. The largest absolute Gasteiger partial charge is 0.456 e. The van der Waals surface area contributed by atoms with E-state index in [1.165, 1.54) is 0 Å². The summed E-state index contributed by atoms with van der Waals surface area (Å²) in [6.07, 6.45) is 0. The summed E-state index contributed by atoms with van der Waals surface area (Å²) in [7, 11) is 0. The molecule has 570 valence electrons. The van der Waals surface area contributed by atoms with Gasteiger partial charge in [-0.05, 0) is 184 Å². The van der Waals surface area contributed by atoms with Crippen LogP contribution in [-0.4, -0.2) is 29.1 Å². The number of benzene rings is 17. The van der Waals surface area contributed by atoms with E-state index >= 15 is 0 Å². The zero-order valence-corrected chi connectivity index (χ0v) is 65.0. The number of rotatable bonds is 9. The van der Waals surface area contributed by atoms with Gasteiger partial charge in [0.1, 0.15) is 83.7 Å². The average molecular weight is 1580 g/mol. The third kappa shape index (κ3) is 9.60. The van der Waals surface area contributed by atoms with Crippen LogP contribution >= 0.6 is 0 Å². The third-order valence-corrected chi connectivity index (χ3v) is 25.4. The molecule has 0 saturated heterocycles. The Morgan fingerprint density at radius 3 is 1.34 bits per heavy atom. The monoisotopic (exact) mass is 1570 g/mol. The SMILES string of the molecule is c1ccc(-c2ccc3c(c2)oc2c(-n4c5ccccc5c5ccccc54)nc(-c4cccc5oc6ccc(-c7ccc8oc9cc(-c%10cccc%11c%10c%10ccccc%10n%11-c%10nc(-c%11ccc%12c(c%11)oc%11cccc(-c%13cccc%14c%13oc%13ccccc%13%14)c%11%12)c%11oc%12cc(-c%13ccc%14c(c%13)oc%13ccccc%13%14)ccc%12c%11n%10)ccc9c8c7)cc6c45)nc23)cc1. The van der Waals surface area contributed by atoms with E-state index in [1.807, 2.05) is 54.6 Å². The van der Waals surface area contributed by atoms with Crippen molar-refractivity contribution in [3.63, 3.8) is 0 Å². The molecule has 0 amide bonds. The van der Waals surface area contributed by atoms with Gasteiger partial charge in [0, 0.05) is 103 Å². The van der Waals surface area contributed by atoms with E-state index in [0.717, 1.165) is 236 Å². The molecule has 0 atom stereocenters. The average Bonchev–Trinajstić information content (AvgIpc) is 1.57. The van der Waals surface area contributed by atoms with E-state index in [9.17, 15) is 0 Å². The molecule has 0 bridgehead atoms. The second-order valence-electron chi connectivity index (χ2n) is 32.1. The van der Waals surface area contributed by atoms with E-state index in [-0.39, 0.29) is 0 Å². The minimum Gasteiger partial charge on any atom is -0.456 e. The highest BCUT2D eigenvalue weighted by molar-refractivity contribution is 6.22. The lowest BCUT2D eigenvalue weighted by molar-refractivity contribution is 0.662. The molecule has 0 aliphatic rings. The summed E-state index contributed by atoms with van der Waals surface area (Å²) in [5, 5.41) is 16.2. The molecule has 11 aromatic heterocycles. The fourth-order valence-electron chi connectivity index (χ4n) is 19.8. The minimum absolute atomic E-state index is 0.483. The standard InChI is InChI=1S/C110H58N6O7/c1-2-18-59(19-3-1)62-39-48-80-98(54-62)123-107-104(80)111-108(114-109(107)115-84-30-9-4-20-68(84)69-21-5-10-31-85(69)115)81-29-17-37-93-101(81)83-53-61(44-51-91(83)117-93)60-43-50-90-82(52-60)73-46-41-65(57-95(73)119-90)67-25-15-33-87-99(67)77-24-6-11-32-86(77)116(87)110-112-102(106-103(113-110)79-49-40-64(56-97(79)122-106)63-38-45-72-70-22-7-12-34-88(70)118-94(72)55-63)66-42-47-78-96(58-66)120-92-36-16-26-74(100(78)92)76-28-14-27-75-71-23-8-13-35-89(71)121-105(75)76/h1-58H. The van der Waals surface area contributed by atoms with Crippen molar-refractivity contribution in [3.8, 4) is 90.0 Å². The van der Waals surface area contributed by atoms with Gasteiger partial charge in [0.25, 0.3) is 0 Å². The Labute approximate surface area is 694 Å². The molecule has 123 heavy (non-hydrogen) atoms. The molecule has 0 N–H and O–H groups in total. The molecule has 0 spiro atoms. The summed E-state index contributed by atoms with van der Waals surface area (Å²) in [5.41, 5.74) is 28.1. The van der Waals surface area contributed by atoms with Crippen molar-refractivity contribution in [1.82, 2.24) is 29.1 Å². The summed E-state index contributed by atoms with van der Waals surface area (Å²) >= 11 is 0. The Kier molecular flexibility index (Phi) is 13.4. The van der Waals surface area contributed by atoms with Gasteiger partial charge in [-0.15, -0.1) is 0 Å². The van der Waals surface area contributed by atoms with Crippen molar-refractivity contribution in [2.24, 2.45) is 0 Å².